The molecule has 1 aliphatic heterocycles. The molecule has 7 nitrogen and oxygen atoms in total. The van der Waals surface area contributed by atoms with E-state index >= 15 is 0 Å². The third kappa shape index (κ3) is 3.32. The highest BCUT2D eigenvalue weighted by Crippen LogP contribution is 2.47. The van der Waals surface area contributed by atoms with Crippen molar-refractivity contribution in [2.24, 2.45) is 0 Å². The third-order valence-corrected chi connectivity index (χ3v) is 4.07. The number of H-pyrrole nitrogens is 1. The average Bonchev–Trinajstić information content (AvgIpc) is 3.05. The second-order valence-corrected chi connectivity index (χ2v) is 6.03. The van der Waals surface area contributed by atoms with Crippen LogP contribution >= 0.6 is 11.6 Å². The van der Waals surface area contributed by atoms with E-state index in [0.717, 1.165) is 6.07 Å². The predicted octanol–water partition coefficient (Wildman–Crippen LogP) is 2.74. The summed E-state index contributed by atoms with van der Waals surface area (Å²) in [4.78, 5) is 23.7. The van der Waals surface area contributed by atoms with Gasteiger partial charge in [-0.1, -0.05) is 11.6 Å². The molecule has 1 aliphatic rings. The van der Waals surface area contributed by atoms with E-state index in [1.165, 1.54) is 24.5 Å². The lowest BCUT2D eigenvalue weighted by molar-refractivity contribution is -0.262. The van der Waals surface area contributed by atoms with E-state index in [0.29, 0.717) is 5.56 Å². The summed E-state index contributed by atoms with van der Waals surface area (Å²) in [6.45, 7) is -0.992. The first-order chi connectivity index (χ1) is 12.2. The number of carbonyl (C=O) groups excluding carboxylic acids is 2. The Bertz CT molecular complexity index is 841. The topological polar surface area (TPSA) is 96.1 Å². The first-order valence-corrected chi connectivity index (χ1v) is 7.70. The molecule has 0 saturated heterocycles. The summed E-state index contributed by atoms with van der Waals surface area (Å²) in [6, 6.07) is 3.63. The summed E-state index contributed by atoms with van der Waals surface area (Å²) < 4.78 is 46.3. The van der Waals surface area contributed by atoms with Crippen LogP contribution in [-0.4, -0.2) is 34.9 Å². The van der Waals surface area contributed by atoms with Gasteiger partial charge in [0.2, 0.25) is 5.91 Å². The Balaban J connectivity index is 1.92. The van der Waals surface area contributed by atoms with E-state index in [1.807, 2.05) is 0 Å². The number of alkyl halides is 3. The van der Waals surface area contributed by atoms with Crippen LogP contribution in [0.5, 0.6) is 0 Å². The van der Waals surface area contributed by atoms with Gasteiger partial charge in [0.05, 0.1) is 24.8 Å². The highest BCUT2D eigenvalue weighted by Gasteiger charge is 2.62. The SMILES string of the molecule is O=C(Cc1cn[nH]c1)NCC1(C(F)(F)F)OC(=O)Nc2ccc(Cl)cc21. The molecule has 0 aliphatic carbocycles. The van der Waals surface area contributed by atoms with Gasteiger partial charge >= 0.3 is 12.3 Å². The number of fused-ring (bicyclic) bond motifs is 1. The van der Waals surface area contributed by atoms with Gasteiger partial charge in [-0.3, -0.25) is 15.2 Å². The van der Waals surface area contributed by atoms with Crippen LogP contribution in [0, 0.1) is 0 Å². The molecule has 3 rings (SSSR count). The number of benzene rings is 1. The van der Waals surface area contributed by atoms with E-state index in [1.54, 1.807) is 0 Å². The van der Waals surface area contributed by atoms with Crippen molar-refractivity contribution in [2.75, 3.05) is 11.9 Å². The van der Waals surface area contributed by atoms with Gasteiger partial charge in [-0.15, -0.1) is 0 Å². The molecular weight excluding hydrogens is 377 g/mol. The number of rotatable bonds is 4. The van der Waals surface area contributed by atoms with Crippen LogP contribution in [0.3, 0.4) is 0 Å². The largest absolute Gasteiger partial charge is 0.434 e. The molecule has 26 heavy (non-hydrogen) atoms. The van der Waals surface area contributed by atoms with Crippen molar-refractivity contribution in [3.05, 3.63) is 46.7 Å². The zero-order valence-corrected chi connectivity index (χ0v) is 13.7. The Kier molecular flexibility index (Phi) is 4.53. The van der Waals surface area contributed by atoms with Crippen molar-refractivity contribution < 1.29 is 27.5 Å². The average molecular weight is 389 g/mol. The van der Waals surface area contributed by atoms with Crippen molar-refractivity contribution >= 4 is 29.3 Å². The summed E-state index contributed by atoms with van der Waals surface area (Å²) in [5, 5.41) is 10.5. The fourth-order valence-corrected chi connectivity index (χ4v) is 2.77. The fourth-order valence-electron chi connectivity index (χ4n) is 2.60. The molecule has 138 valence electrons. The molecule has 3 N–H and O–H groups in total. The summed E-state index contributed by atoms with van der Waals surface area (Å²) in [6.07, 6.45) is -3.63. The van der Waals surface area contributed by atoms with Crippen LogP contribution in [0.4, 0.5) is 23.7 Å². The lowest BCUT2D eigenvalue weighted by Crippen LogP contribution is -2.56. The van der Waals surface area contributed by atoms with Crippen LogP contribution in [0.25, 0.3) is 0 Å². The zero-order valence-electron chi connectivity index (χ0n) is 13.0. The summed E-state index contributed by atoms with van der Waals surface area (Å²) >= 11 is 5.81. The van der Waals surface area contributed by atoms with E-state index in [4.69, 9.17) is 11.6 Å². The number of nitrogens with one attached hydrogen (secondary N) is 3. The van der Waals surface area contributed by atoms with Gasteiger partial charge in [0.25, 0.3) is 5.60 Å². The Morgan fingerprint density at radius 2 is 2.15 bits per heavy atom. The van der Waals surface area contributed by atoms with Gasteiger partial charge in [0.1, 0.15) is 0 Å². The van der Waals surface area contributed by atoms with Crippen LogP contribution in [0.1, 0.15) is 11.1 Å². The molecule has 2 amide bonds. The lowest BCUT2D eigenvalue weighted by atomic mass is 9.89. The first kappa shape index (κ1) is 18.1. The van der Waals surface area contributed by atoms with Crippen molar-refractivity contribution in [3.8, 4) is 0 Å². The quantitative estimate of drug-likeness (QED) is 0.750. The van der Waals surface area contributed by atoms with Crippen molar-refractivity contribution in [1.29, 1.82) is 0 Å². The predicted molar refractivity (Wildman–Crippen MR) is 84.6 cm³/mol. The molecule has 2 heterocycles. The standard InChI is InChI=1S/C15H12ClF3N4O3/c16-9-1-2-11-10(4-9)14(15(17,18)19,26-13(25)23-11)7-20-12(24)3-8-5-21-22-6-8/h1-2,4-6H,3,7H2,(H,20,24)(H,21,22)(H,23,25). The monoisotopic (exact) mass is 388 g/mol. The fraction of sp³-hybridized carbons (Fsp3) is 0.267. The Morgan fingerprint density at radius 3 is 2.81 bits per heavy atom. The zero-order chi connectivity index (χ0) is 18.9. The summed E-state index contributed by atoms with van der Waals surface area (Å²) in [5.74, 6) is -0.687. The minimum atomic E-state index is -4.99. The number of carbonyl (C=O) groups is 2. The van der Waals surface area contributed by atoms with E-state index in [-0.39, 0.29) is 22.7 Å². The van der Waals surface area contributed by atoms with Crippen molar-refractivity contribution in [2.45, 2.75) is 18.2 Å². The molecule has 0 bridgehead atoms. The van der Waals surface area contributed by atoms with E-state index in [9.17, 15) is 22.8 Å². The highest BCUT2D eigenvalue weighted by atomic mass is 35.5. The molecule has 1 atom stereocenters. The molecule has 1 aromatic heterocycles. The smallest absolute Gasteiger partial charge is 0.426 e. The molecule has 1 aromatic carbocycles. The molecule has 0 radical (unpaired) electrons. The Morgan fingerprint density at radius 1 is 1.38 bits per heavy atom. The Hall–Kier alpha value is -2.75. The van der Waals surface area contributed by atoms with E-state index in [2.05, 4.69) is 25.6 Å². The molecule has 0 spiro atoms. The number of ether oxygens (including phenoxy) is 1. The number of halogens is 4. The summed E-state index contributed by atoms with van der Waals surface area (Å²) in [5.41, 5.74) is -3.04. The minimum Gasteiger partial charge on any atom is -0.426 e. The normalized spacial score (nSPS) is 19.3. The number of anilines is 1. The van der Waals surface area contributed by atoms with Crippen molar-refractivity contribution in [1.82, 2.24) is 15.5 Å². The maximum atomic E-state index is 13.9. The maximum Gasteiger partial charge on any atom is 0.434 e. The molecule has 1 unspecified atom stereocenters. The highest BCUT2D eigenvalue weighted by molar-refractivity contribution is 6.30. The van der Waals surface area contributed by atoms with Gasteiger partial charge < -0.3 is 10.1 Å². The number of hydrogen-bond donors (Lipinski definition) is 3. The molecule has 11 heteroatoms. The van der Waals surface area contributed by atoms with Gasteiger partial charge in [0.15, 0.2) is 0 Å². The van der Waals surface area contributed by atoms with Gasteiger partial charge in [-0.25, -0.2) is 4.79 Å². The number of amides is 2. The lowest BCUT2D eigenvalue weighted by Gasteiger charge is -2.39. The van der Waals surface area contributed by atoms with Crippen LogP contribution in [0.15, 0.2) is 30.6 Å². The Labute approximate surface area is 149 Å². The number of cyclic esters (lactones) is 1. The summed E-state index contributed by atoms with van der Waals surface area (Å²) in [7, 11) is 0. The van der Waals surface area contributed by atoms with Gasteiger partial charge in [0, 0.05) is 16.8 Å². The van der Waals surface area contributed by atoms with Crippen molar-refractivity contribution in [3.63, 3.8) is 0 Å². The minimum absolute atomic E-state index is 0.0295. The second kappa shape index (κ2) is 6.52. The number of aromatic amines is 1. The molecular formula is C15H12ClF3N4O3. The number of aromatic nitrogens is 2. The molecule has 0 fully saturated rings. The second-order valence-electron chi connectivity index (χ2n) is 5.59. The first-order valence-electron chi connectivity index (χ1n) is 7.32. The van der Waals surface area contributed by atoms with E-state index < -0.39 is 30.3 Å². The molecule has 0 saturated carbocycles. The van der Waals surface area contributed by atoms with Gasteiger partial charge in [-0.05, 0) is 23.8 Å². The number of nitrogens with zero attached hydrogens (tertiary/aromatic N) is 1. The van der Waals surface area contributed by atoms with Crippen LogP contribution in [0.2, 0.25) is 5.02 Å². The third-order valence-electron chi connectivity index (χ3n) is 3.83. The van der Waals surface area contributed by atoms with Crippen LogP contribution < -0.4 is 10.6 Å². The number of hydrogen-bond acceptors (Lipinski definition) is 4. The van der Waals surface area contributed by atoms with Crippen LogP contribution in [-0.2, 0) is 21.6 Å². The maximum absolute atomic E-state index is 13.9. The molecule has 2 aromatic rings. The van der Waals surface area contributed by atoms with Gasteiger partial charge in [-0.2, -0.15) is 18.3 Å².